The number of aromatic hydroxyl groups is 1. The lowest BCUT2D eigenvalue weighted by molar-refractivity contribution is 0.343. The van der Waals surface area contributed by atoms with Gasteiger partial charge in [0.2, 0.25) is 0 Å². The van der Waals surface area contributed by atoms with Crippen LogP contribution >= 0.6 is 0 Å². The van der Waals surface area contributed by atoms with E-state index in [0.29, 0.717) is 5.75 Å². The van der Waals surface area contributed by atoms with E-state index in [1.165, 1.54) is 7.11 Å². The van der Waals surface area contributed by atoms with Gasteiger partial charge in [-0.3, -0.25) is 0 Å². The van der Waals surface area contributed by atoms with Crippen molar-refractivity contribution < 1.29 is 14.9 Å². The van der Waals surface area contributed by atoms with Crippen molar-refractivity contribution in [1.82, 2.24) is 0 Å². The maximum Gasteiger partial charge on any atom is 0.161 e. The maximum atomic E-state index is 9.26. The molecule has 19 heavy (non-hydrogen) atoms. The molecule has 0 aliphatic heterocycles. The molecule has 3 heteroatoms. The third-order valence-electron chi connectivity index (χ3n) is 2.29. The molecule has 0 saturated carbocycles. The number of phenolic OH excluding ortho intramolecular Hbond substituents is 1. The lowest BCUT2D eigenvalue weighted by atomic mass is 10.2. The minimum absolute atomic E-state index is 0.00317. The second-order valence-electron chi connectivity index (χ2n) is 3.67. The fourth-order valence-electron chi connectivity index (χ4n) is 1.37. The van der Waals surface area contributed by atoms with Gasteiger partial charge in [-0.15, -0.1) is 0 Å². The lowest BCUT2D eigenvalue weighted by Crippen LogP contribution is -1.84. The first kappa shape index (κ1) is 14.8. The molecular formula is C16H18O3. The number of hydrogen-bond acceptors (Lipinski definition) is 3. The molecule has 2 aromatic carbocycles. The summed E-state index contributed by atoms with van der Waals surface area (Å²) in [7, 11) is 1.49. The minimum atomic E-state index is 0.00317. The monoisotopic (exact) mass is 258 g/mol. The van der Waals surface area contributed by atoms with Gasteiger partial charge in [-0.05, 0) is 17.7 Å². The van der Waals surface area contributed by atoms with Gasteiger partial charge in [0.15, 0.2) is 11.5 Å². The van der Waals surface area contributed by atoms with Crippen LogP contribution in [-0.4, -0.2) is 23.9 Å². The number of rotatable bonds is 3. The molecule has 0 saturated heterocycles. The first-order chi connectivity index (χ1) is 9.27. The molecule has 0 unspecified atom stereocenters. The highest BCUT2D eigenvalue weighted by atomic mass is 16.5. The van der Waals surface area contributed by atoms with Crippen LogP contribution in [0.15, 0.2) is 60.7 Å². The van der Waals surface area contributed by atoms with Crippen LogP contribution in [0.1, 0.15) is 5.56 Å². The Morgan fingerprint density at radius 2 is 1.63 bits per heavy atom. The molecule has 0 bridgehead atoms. The zero-order valence-electron chi connectivity index (χ0n) is 10.9. The van der Waals surface area contributed by atoms with E-state index in [0.717, 1.165) is 5.56 Å². The van der Waals surface area contributed by atoms with Gasteiger partial charge in [-0.25, -0.2) is 0 Å². The number of phenols is 1. The molecule has 2 rings (SSSR count). The van der Waals surface area contributed by atoms with Gasteiger partial charge in [-0.1, -0.05) is 54.6 Å². The summed E-state index contributed by atoms with van der Waals surface area (Å²) in [6, 6.07) is 17.0. The molecule has 2 aromatic rings. The van der Waals surface area contributed by atoms with Gasteiger partial charge >= 0.3 is 0 Å². The SMILES string of the molecule is COc1cc(/C=C/CO)ccc1O.c1ccccc1. The second-order valence-corrected chi connectivity index (χ2v) is 3.67. The molecular weight excluding hydrogens is 240 g/mol. The predicted octanol–water partition coefficient (Wildman–Crippen LogP) is 3.09. The molecule has 0 spiro atoms. The van der Waals surface area contributed by atoms with Crippen LogP contribution in [0.4, 0.5) is 0 Å². The number of benzene rings is 2. The van der Waals surface area contributed by atoms with Crippen LogP contribution < -0.4 is 4.74 Å². The Morgan fingerprint density at radius 1 is 1.05 bits per heavy atom. The third-order valence-corrected chi connectivity index (χ3v) is 2.29. The summed E-state index contributed by atoms with van der Waals surface area (Å²) in [5.41, 5.74) is 0.878. The van der Waals surface area contributed by atoms with E-state index in [9.17, 15) is 5.11 Å². The fraction of sp³-hybridized carbons (Fsp3) is 0.125. The molecule has 0 radical (unpaired) electrons. The zero-order valence-corrected chi connectivity index (χ0v) is 10.9. The first-order valence-electron chi connectivity index (χ1n) is 5.92. The summed E-state index contributed by atoms with van der Waals surface area (Å²) in [4.78, 5) is 0. The van der Waals surface area contributed by atoms with Gasteiger partial charge < -0.3 is 14.9 Å². The van der Waals surface area contributed by atoms with Gasteiger partial charge in [-0.2, -0.15) is 0 Å². The number of ether oxygens (including phenoxy) is 1. The number of hydrogen-bond donors (Lipinski definition) is 2. The largest absolute Gasteiger partial charge is 0.504 e. The Kier molecular flexibility index (Phi) is 6.84. The van der Waals surface area contributed by atoms with E-state index < -0.39 is 0 Å². The van der Waals surface area contributed by atoms with Crippen LogP contribution in [0.3, 0.4) is 0 Å². The van der Waals surface area contributed by atoms with Gasteiger partial charge in [0, 0.05) is 0 Å². The summed E-state index contributed by atoms with van der Waals surface area (Å²) >= 11 is 0. The molecule has 0 amide bonds. The smallest absolute Gasteiger partial charge is 0.161 e. The lowest BCUT2D eigenvalue weighted by Gasteiger charge is -2.03. The Bertz CT molecular complexity index is 466. The summed E-state index contributed by atoms with van der Waals surface area (Å²) in [6.45, 7) is 0.00317. The summed E-state index contributed by atoms with van der Waals surface area (Å²) in [6.07, 6.45) is 3.37. The Morgan fingerprint density at radius 3 is 2.11 bits per heavy atom. The maximum absolute atomic E-state index is 9.26. The Hall–Kier alpha value is -2.26. The minimum Gasteiger partial charge on any atom is -0.504 e. The molecule has 0 aliphatic carbocycles. The van der Waals surface area contributed by atoms with Crippen LogP contribution in [0, 0.1) is 0 Å². The first-order valence-corrected chi connectivity index (χ1v) is 5.92. The molecule has 0 aromatic heterocycles. The molecule has 2 N–H and O–H groups in total. The highest BCUT2D eigenvalue weighted by molar-refractivity contribution is 5.55. The van der Waals surface area contributed by atoms with Crippen molar-refractivity contribution in [2.45, 2.75) is 0 Å². The highest BCUT2D eigenvalue weighted by Crippen LogP contribution is 2.26. The number of methoxy groups -OCH3 is 1. The van der Waals surface area contributed by atoms with Crippen molar-refractivity contribution >= 4 is 6.08 Å². The molecule has 0 aliphatic rings. The van der Waals surface area contributed by atoms with Crippen LogP contribution in [-0.2, 0) is 0 Å². The van der Waals surface area contributed by atoms with Crippen molar-refractivity contribution in [1.29, 1.82) is 0 Å². The fourth-order valence-corrected chi connectivity index (χ4v) is 1.37. The number of aliphatic hydroxyl groups is 1. The molecule has 0 heterocycles. The van der Waals surface area contributed by atoms with Gasteiger partial charge in [0.05, 0.1) is 13.7 Å². The molecule has 0 fully saturated rings. The standard InChI is InChI=1S/C10H12O3.C6H6/c1-13-10-7-8(3-2-6-11)4-5-9(10)12;1-2-4-6-5-3-1/h2-5,7,11-12H,6H2,1H3;1-6H/b3-2+;. The van der Waals surface area contributed by atoms with Crippen molar-refractivity contribution in [3.05, 3.63) is 66.2 Å². The van der Waals surface area contributed by atoms with Crippen molar-refractivity contribution in [3.8, 4) is 11.5 Å². The van der Waals surface area contributed by atoms with Crippen LogP contribution in [0.5, 0.6) is 11.5 Å². The number of aliphatic hydroxyl groups excluding tert-OH is 1. The summed E-state index contributed by atoms with van der Waals surface area (Å²) < 4.78 is 4.92. The average Bonchev–Trinajstić information content (AvgIpc) is 2.49. The van der Waals surface area contributed by atoms with Crippen molar-refractivity contribution in [2.24, 2.45) is 0 Å². The van der Waals surface area contributed by atoms with E-state index in [2.05, 4.69) is 0 Å². The normalized spacial score (nSPS) is 9.79. The average molecular weight is 258 g/mol. The predicted molar refractivity (Wildman–Crippen MR) is 77.2 cm³/mol. The Balaban J connectivity index is 0.000000250. The zero-order chi connectivity index (χ0) is 13.9. The Labute approximate surface area is 113 Å². The van der Waals surface area contributed by atoms with Crippen LogP contribution in [0.2, 0.25) is 0 Å². The van der Waals surface area contributed by atoms with E-state index in [4.69, 9.17) is 9.84 Å². The molecule has 3 nitrogen and oxygen atoms in total. The van der Waals surface area contributed by atoms with E-state index >= 15 is 0 Å². The van der Waals surface area contributed by atoms with E-state index in [1.54, 1.807) is 30.4 Å². The quantitative estimate of drug-likeness (QED) is 0.889. The van der Waals surface area contributed by atoms with Crippen LogP contribution in [0.25, 0.3) is 6.08 Å². The summed E-state index contributed by atoms with van der Waals surface area (Å²) in [5.74, 6) is 0.545. The highest BCUT2D eigenvalue weighted by Gasteiger charge is 1.99. The molecule has 0 atom stereocenters. The van der Waals surface area contributed by atoms with Crippen molar-refractivity contribution in [3.63, 3.8) is 0 Å². The molecule has 100 valence electrons. The third kappa shape index (κ3) is 5.75. The van der Waals surface area contributed by atoms with Crippen molar-refractivity contribution in [2.75, 3.05) is 13.7 Å². The summed E-state index contributed by atoms with van der Waals surface area (Å²) in [5, 5.41) is 17.8. The van der Waals surface area contributed by atoms with Gasteiger partial charge in [0.1, 0.15) is 0 Å². The second kappa shape index (κ2) is 8.78. The van der Waals surface area contributed by atoms with E-state index in [1.807, 2.05) is 36.4 Å². The topological polar surface area (TPSA) is 49.7 Å². The van der Waals surface area contributed by atoms with Gasteiger partial charge in [0.25, 0.3) is 0 Å². The van der Waals surface area contributed by atoms with E-state index in [-0.39, 0.29) is 12.4 Å².